The predicted octanol–water partition coefficient (Wildman–Crippen LogP) is 7.82. The molecule has 1 aromatic heterocycles. The molecule has 0 saturated heterocycles. The lowest BCUT2D eigenvalue weighted by atomic mass is 10.1. The summed E-state index contributed by atoms with van der Waals surface area (Å²) in [5.41, 5.74) is -0.368. The minimum Gasteiger partial charge on any atom is -0.457 e. The summed E-state index contributed by atoms with van der Waals surface area (Å²) in [5.74, 6) is 0.229. The van der Waals surface area contributed by atoms with Gasteiger partial charge in [-0.1, -0.05) is 34.8 Å². The maximum absolute atomic E-state index is 12.8. The van der Waals surface area contributed by atoms with Crippen molar-refractivity contribution in [2.24, 2.45) is 0 Å². The van der Waals surface area contributed by atoms with Crippen molar-refractivity contribution in [1.29, 1.82) is 0 Å². The predicted molar refractivity (Wildman–Crippen MR) is 104 cm³/mol. The first-order valence-corrected chi connectivity index (χ1v) is 8.93. The molecule has 0 aliphatic heterocycles. The number of halogens is 6. The Morgan fingerprint density at radius 1 is 0.929 bits per heavy atom. The number of allylic oxidation sites excluding steroid dienone is 1. The van der Waals surface area contributed by atoms with E-state index in [1.165, 1.54) is 18.2 Å². The van der Waals surface area contributed by atoms with Crippen LogP contribution in [0.3, 0.4) is 0 Å². The number of ketones is 1. The van der Waals surface area contributed by atoms with Crippen LogP contribution >= 0.6 is 34.8 Å². The summed E-state index contributed by atoms with van der Waals surface area (Å²) in [4.78, 5) is 12.1. The molecule has 0 amide bonds. The summed E-state index contributed by atoms with van der Waals surface area (Å²) < 4.78 is 44.1. The maximum Gasteiger partial charge on any atom is 0.416 e. The molecule has 2 nitrogen and oxygen atoms in total. The van der Waals surface area contributed by atoms with Crippen molar-refractivity contribution in [3.63, 3.8) is 0 Å². The zero-order chi connectivity index (χ0) is 20.5. The van der Waals surface area contributed by atoms with Crippen LogP contribution in [0.15, 0.2) is 59.0 Å². The van der Waals surface area contributed by atoms with Gasteiger partial charge in [-0.05, 0) is 60.7 Å². The van der Waals surface area contributed by atoms with E-state index in [-0.39, 0.29) is 27.2 Å². The summed E-state index contributed by atoms with van der Waals surface area (Å²) in [7, 11) is 0. The molecule has 3 rings (SSSR count). The van der Waals surface area contributed by atoms with Crippen LogP contribution in [0.25, 0.3) is 17.4 Å². The Kier molecular flexibility index (Phi) is 5.89. The summed E-state index contributed by atoms with van der Waals surface area (Å²) in [6.07, 6.45) is -1.82. The Morgan fingerprint density at radius 3 is 2.11 bits per heavy atom. The number of rotatable bonds is 4. The van der Waals surface area contributed by atoms with Gasteiger partial charge in [0.15, 0.2) is 5.78 Å². The third-order valence-electron chi connectivity index (χ3n) is 3.77. The number of hydrogen-bond donors (Lipinski definition) is 0. The lowest BCUT2D eigenvalue weighted by Gasteiger charge is -2.10. The fourth-order valence-corrected chi connectivity index (χ4v) is 3.22. The standard InChI is InChI=1S/C20H10Cl3F3O2/c21-13-3-1-11(2-4-13)17(27)7-5-14-6-8-18(28-14)19-15(22)9-12(10-16(19)23)20(24,25)26/h1-10H/b7-5+. The van der Waals surface area contributed by atoms with Crippen molar-refractivity contribution >= 4 is 46.7 Å². The van der Waals surface area contributed by atoms with Gasteiger partial charge < -0.3 is 4.42 Å². The molecular weight excluding hydrogens is 436 g/mol. The molecule has 144 valence electrons. The highest BCUT2D eigenvalue weighted by atomic mass is 35.5. The maximum atomic E-state index is 12.8. The molecule has 1 heterocycles. The Bertz CT molecular complexity index is 1030. The molecule has 0 fully saturated rings. The van der Waals surface area contributed by atoms with Gasteiger partial charge in [0.25, 0.3) is 0 Å². The van der Waals surface area contributed by atoms with Crippen LogP contribution in [-0.4, -0.2) is 5.78 Å². The Labute approximate surface area is 173 Å². The third-order valence-corrected chi connectivity index (χ3v) is 4.62. The highest BCUT2D eigenvalue weighted by Gasteiger charge is 2.32. The van der Waals surface area contributed by atoms with Gasteiger partial charge in [-0.25, -0.2) is 0 Å². The number of furan rings is 1. The number of carbonyl (C=O) groups excluding carboxylic acids is 1. The van der Waals surface area contributed by atoms with E-state index in [2.05, 4.69) is 0 Å². The first kappa shape index (κ1) is 20.5. The Hall–Kier alpha value is -2.21. The van der Waals surface area contributed by atoms with E-state index in [0.29, 0.717) is 16.3 Å². The van der Waals surface area contributed by atoms with Gasteiger partial charge in [0.1, 0.15) is 11.5 Å². The van der Waals surface area contributed by atoms with Gasteiger partial charge in [0.2, 0.25) is 0 Å². The molecule has 0 saturated carbocycles. The first-order valence-electron chi connectivity index (χ1n) is 7.79. The SMILES string of the molecule is O=C(/C=C/c1ccc(-c2c(Cl)cc(C(F)(F)F)cc2Cl)o1)c1ccc(Cl)cc1. The van der Waals surface area contributed by atoms with Gasteiger partial charge in [0, 0.05) is 10.6 Å². The Morgan fingerprint density at radius 2 is 1.54 bits per heavy atom. The fourth-order valence-electron chi connectivity index (χ4n) is 2.42. The van der Waals surface area contributed by atoms with Crippen molar-refractivity contribution in [3.8, 4) is 11.3 Å². The molecule has 28 heavy (non-hydrogen) atoms. The van der Waals surface area contributed by atoms with E-state index in [0.717, 1.165) is 12.1 Å². The topological polar surface area (TPSA) is 30.2 Å². The molecule has 0 N–H and O–H groups in total. The summed E-state index contributed by atoms with van der Waals surface area (Å²) >= 11 is 17.7. The van der Waals surface area contributed by atoms with E-state index in [1.807, 2.05) is 0 Å². The average molecular weight is 446 g/mol. The normalized spacial score (nSPS) is 11.9. The van der Waals surface area contributed by atoms with Crippen molar-refractivity contribution in [1.82, 2.24) is 0 Å². The van der Waals surface area contributed by atoms with Crippen LogP contribution in [-0.2, 0) is 6.18 Å². The highest BCUT2D eigenvalue weighted by Crippen LogP contribution is 2.41. The molecule has 0 spiro atoms. The van der Waals surface area contributed by atoms with Crippen LogP contribution in [0, 0.1) is 0 Å². The largest absolute Gasteiger partial charge is 0.457 e. The van der Waals surface area contributed by atoms with E-state index in [1.54, 1.807) is 30.3 Å². The van der Waals surface area contributed by atoms with Gasteiger partial charge in [-0.3, -0.25) is 4.79 Å². The van der Waals surface area contributed by atoms with E-state index < -0.39 is 11.7 Å². The first-order chi connectivity index (χ1) is 13.1. The second-order valence-electron chi connectivity index (χ2n) is 5.72. The number of alkyl halides is 3. The zero-order valence-corrected chi connectivity index (χ0v) is 16.1. The highest BCUT2D eigenvalue weighted by molar-refractivity contribution is 6.39. The summed E-state index contributed by atoms with van der Waals surface area (Å²) in [6.45, 7) is 0. The lowest BCUT2D eigenvalue weighted by Crippen LogP contribution is -2.05. The van der Waals surface area contributed by atoms with Crippen LogP contribution in [0.1, 0.15) is 21.7 Å². The molecule has 0 radical (unpaired) electrons. The van der Waals surface area contributed by atoms with Crippen molar-refractivity contribution in [2.45, 2.75) is 6.18 Å². The molecule has 0 atom stereocenters. The van der Waals surface area contributed by atoms with Gasteiger partial charge in [-0.15, -0.1) is 0 Å². The second-order valence-corrected chi connectivity index (χ2v) is 6.97. The molecule has 0 unspecified atom stereocenters. The lowest BCUT2D eigenvalue weighted by molar-refractivity contribution is -0.137. The minimum absolute atomic E-state index is 0.139. The van der Waals surface area contributed by atoms with Crippen LogP contribution < -0.4 is 0 Å². The van der Waals surface area contributed by atoms with Crippen molar-refractivity contribution in [2.75, 3.05) is 0 Å². The van der Waals surface area contributed by atoms with Crippen LogP contribution in [0.4, 0.5) is 13.2 Å². The van der Waals surface area contributed by atoms with Gasteiger partial charge >= 0.3 is 6.18 Å². The summed E-state index contributed by atoms with van der Waals surface area (Å²) in [6, 6.07) is 11.0. The van der Waals surface area contributed by atoms with Crippen LogP contribution in [0.5, 0.6) is 0 Å². The van der Waals surface area contributed by atoms with Gasteiger partial charge in [-0.2, -0.15) is 13.2 Å². The molecule has 2 aromatic carbocycles. The Balaban J connectivity index is 1.84. The van der Waals surface area contributed by atoms with Crippen molar-refractivity contribution < 1.29 is 22.4 Å². The monoisotopic (exact) mass is 444 g/mol. The molecule has 0 bridgehead atoms. The van der Waals surface area contributed by atoms with Gasteiger partial charge in [0.05, 0.1) is 21.2 Å². The molecule has 3 aromatic rings. The minimum atomic E-state index is -4.56. The number of hydrogen-bond acceptors (Lipinski definition) is 2. The quantitative estimate of drug-likeness (QED) is 0.303. The molecule has 8 heteroatoms. The molecule has 0 aliphatic rings. The smallest absolute Gasteiger partial charge is 0.416 e. The van der Waals surface area contributed by atoms with E-state index in [9.17, 15) is 18.0 Å². The number of benzene rings is 2. The second kappa shape index (κ2) is 8.03. The average Bonchev–Trinajstić information content (AvgIpc) is 3.07. The third kappa shape index (κ3) is 4.61. The molecule has 0 aliphatic carbocycles. The fraction of sp³-hybridized carbons (Fsp3) is 0.0500. The molecular formula is C20H10Cl3F3O2. The van der Waals surface area contributed by atoms with E-state index >= 15 is 0 Å². The van der Waals surface area contributed by atoms with Crippen molar-refractivity contribution in [3.05, 3.63) is 86.6 Å². The summed E-state index contributed by atoms with van der Waals surface area (Å²) in [5, 5.41) is 0.130. The van der Waals surface area contributed by atoms with E-state index in [4.69, 9.17) is 39.2 Å². The van der Waals surface area contributed by atoms with Crippen LogP contribution in [0.2, 0.25) is 15.1 Å². The zero-order valence-electron chi connectivity index (χ0n) is 13.9. The number of carbonyl (C=O) groups is 1.